The highest BCUT2D eigenvalue weighted by Gasteiger charge is 2.38. The summed E-state index contributed by atoms with van der Waals surface area (Å²) in [5, 5.41) is 3.50. The Morgan fingerprint density at radius 2 is 2.10 bits per heavy atom. The second-order valence-electron chi connectivity index (χ2n) is 6.16. The van der Waals surface area contributed by atoms with Gasteiger partial charge in [0.2, 0.25) is 5.92 Å². The highest BCUT2D eigenvalue weighted by Crippen LogP contribution is 2.44. The van der Waals surface area contributed by atoms with Crippen LogP contribution in [-0.2, 0) is 6.42 Å². The van der Waals surface area contributed by atoms with Gasteiger partial charge in [-0.1, -0.05) is 25.1 Å². The fraction of sp³-hybridized carbons (Fsp3) is 0.647. The van der Waals surface area contributed by atoms with Crippen molar-refractivity contribution in [3.8, 4) is 5.75 Å². The van der Waals surface area contributed by atoms with Gasteiger partial charge in [0.05, 0.1) is 6.61 Å². The molecular formula is C17H23F2NO. The number of para-hydroxylation sites is 1. The molecule has 0 radical (unpaired) electrons. The van der Waals surface area contributed by atoms with E-state index >= 15 is 0 Å². The quantitative estimate of drug-likeness (QED) is 0.903. The molecular weight excluding hydrogens is 272 g/mol. The van der Waals surface area contributed by atoms with E-state index in [-0.39, 0.29) is 24.8 Å². The van der Waals surface area contributed by atoms with E-state index in [2.05, 4.69) is 30.4 Å². The monoisotopic (exact) mass is 295 g/mol. The standard InChI is InChI=1S/C17H23F2NO/c1-2-20-15(12-6-9-17(18,19)10-7-12)14-5-3-4-13-8-11-21-16(13)14/h3-5,12,15,20H,2,6-11H2,1H3. The Hall–Kier alpha value is -1.16. The molecule has 1 saturated carbocycles. The maximum absolute atomic E-state index is 13.4. The van der Waals surface area contributed by atoms with Crippen molar-refractivity contribution in [3.05, 3.63) is 29.3 Å². The van der Waals surface area contributed by atoms with Crippen molar-refractivity contribution in [2.45, 2.75) is 51.0 Å². The molecule has 1 aliphatic carbocycles. The Morgan fingerprint density at radius 1 is 1.33 bits per heavy atom. The molecule has 0 aromatic heterocycles. The lowest BCUT2D eigenvalue weighted by atomic mass is 9.79. The van der Waals surface area contributed by atoms with Crippen LogP contribution in [0.1, 0.15) is 49.8 Å². The second-order valence-corrected chi connectivity index (χ2v) is 6.16. The van der Waals surface area contributed by atoms with Gasteiger partial charge in [0.15, 0.2) is 0 Å². The van der Waals surface area contributed by atoms with E-state index in [0.717, 1.165) is 30.9 Å². The van der Waals surface area contributed by atoms with Crippen LogP contribution < -0.4 is 10.1 Å². The molecule has 116 valence electrons. The summed E-state index contributed by atoms with van der Waals surface area (Å²) in [4.78, 5) is 0. The van der Waals surface area contributed by atoms with Gasteiger partial charge in [0.25, 0.3) is 0 Å². The summed E-state index contributed by atoms with van der Waals surface area (Å²) in [5.74, 6) is -1.22. The minimum absolute atomic E-state index is 0.00937. The van der Waals surface area contributed by atoms with Gasteiger partial charge in [-0.05, 0) is 30.9 Å². The number of rotatable bonds is 4. The first-order valence-corrected chi connectivity index (χ1v) is 7.96. The van der Waals surface area contributed by atoms with Crippen LogP contribution in [0.25, 0.3) is 0 Å². The number of halogens is 2. The zero-order chi connectivity index (χ0) is 14.9. The predicted octanol–water partition coefficient (Wildman–Crippen LogP) is 4.10. The van der Waals surface area contributed by atoms with Crippen molar-refractivity contribution in [3.63, 3.8) is 0 Å². The lowest BCUT2D eigenvalue weighted by molar-refractivity contribution is -0.0497. The summed E-state index contributed by atoms with van der Waals surface area (Å²) in [5.41, 5.74) is 2.40. The number of hydrogen-bond donors (Lipinski definition) is 1. The molecule has 0 amide bonds. The summed E-state index contributed by atoms with van der Waals surface area (Å²) >= 11 is 0. The fourth-order valence-corrected chi connectivity index (χ4v) is 3.63. The Balaban J connectivity index is 1.84. The summed E-state index contributed by atoms with van der Waals surface area (Å²) in [6, 6.07) is 6.37. The molecule has 2 nitrogen and oxygen atoms in total. The van der Waals surface area contributed by atoms with Crippen molar-refractivity contribution in [1.29, 1.82) is 0 Å². The van der Waals surface area contributed by atoms with Gasteiger partial charge in [-0.3, -0.25) is 0 Å². The summed E-state index contributed by atoms with van der Waals surface area (Å²) in [6.45, 7) is 3.63. The predicted molar refractivity (Wildman–Crippen MR) is 79.0 cm³/mol. The van der Waals surface area contributed by atoms with Crippen molar-refractivity contribution in [1.82, 2.24) is 5.32 Å². The molecule has 1 heterocycles. The molecule has 1 aromatic carbocycles. The van der Waals surface area contributed by atoms with Crippen LogP contribution in [0.15, 0.2) is 18.2 Å². The maximum Gasteiger partial charge on any atom is 0.248 e. The molecule has 1 fully saturated rings. The maximum atomic E-state index is 13.4. The zero-order valence-electron chi connectivity index (χ0n) is 12.5. The molecule has 1 aromatic rings. The number of alkyl halides is 2. The van der Waals surface area contributed by atoms with E-state index in [1.807, 2.05) is 0 Å². The van der Waals surface area contributed by atoms with E-state index in [9.17, 15) is 8.78 Å². The van der Waals surface area contributed by atoms with Gasteiger partial charge in [0.1, 0.15) is 5.75 Å². The van der Waals surface area contributed by atoms with Crippen LogP contribution in [0, 0.1) is 5.92 Å². The number of nitrogens with one attached hydrogen (secondary N) is 1. The first kappa shape index (κ1) is 14.8. The summed E-state index contributed by atoms with van der Waals surface area (Å²) in [6.07, 6.45) is 2.12. The molecule has 2 aliphatic rings. The van der Waals surface area contributed by atoms with Crippen LogP contribution in [0.5, 0.6) is 5.75 Å². The molecule has 3 rings (SSSR count). The van der Waals surface area contributed by atoms with Crippen LogP contribution in [-0.4, -0.2) is 19.1 Å². The molecule has 21 heavy (non-hydrogen) atoms. The molecule has 0 saturated heterocycles. The van der Waals surface area contributed by atoms with Crippen molar-refractivity contribution in [2.75, 3.05) is 13.2 Å². The third-order valence-electron chi connectivity index (χ3n) is 4.74. The molecule has 0 bridgehead atoms. The molecule has 4 heteroatoms. The number of benzene rings is 1. The van der Waals surface area contributed by atoms with Crippen molar-refractivity contribution >= 4 is 0 Å². The number of hydrogen-bond acceptors (Lipinski definition) is 2. The zero-order valence-corrected chi connectivity index (χ0v) is 12.5. The second kappa shape index (κ2) is 5.91. The van der Waals surface area contributed by atoms with Gasteiger partial charge >= 0.3 is 0 Å². The van der Waals surface area contributed by atoms with E-state index in [1.165, 1.54) is 5.56 Å². The van der Waals surface area contributed by atoms with Crippen LogP contribution >= 0.6 is 0 Å². The van der Waals surface area contributed by atoms with Gasteiger partial charge in [-0.25, -0.2) is 8.78 Å². The smallest absolute Gasteiger partial charge is 0.248 e. The first-order valence-electron chi connectivity index (χ1n) is 7.96. The third kappa shape index (κ3) is 3.05. The van der Waals surface area contributed by atoms with Gasteiger partial charge in [-0.15, -0.1) is 0 Å². The van der Waals surface area contributed by atoms with Crippen LogP contribution in [0.4, 0.5) is 8.78 Å². The number of ether oxygens (including phenoxy) is 1. The minimum Gasteiger partial charge on any atom is -0.493 e. The lowest BCUT2D eigenvalue weighted by Crippen LogP contribution is -2.34. The Labute approximate surface area is 124 Å². The van der Waals surface area contributed by atoms with E-state index in [1.54, 1.807) is 0 Å². The van der Waals surface area contributed by atoms with Crippen LogP contribution in [0.2, 0.25) is 0 Å². The first-order chi connectivity index (χ1) is 10.1. The molecule has 1 N–H and O–H groups in total. The third-order valence-corrected chi connectivity index (χ3v) is 4.74. The van der Waals surface area contributed by atoms with Gasteiger partial charge in [0, 0.05) is 30.9 Å². The molecule has 1 atom stereocenters. The topological polar surface area (TPSA) is 21.3 Å². The average molecular weight is 295 g/mol. The van der Waals surface area contributed by atoms with Crippen molar-refractivity contribution < 1.29 is 13.5 Å². The Kier molecular flexibility index (Phi) is 4.16. The van der Waals surface area contributed by atoms with Crippen LogP contribution in [0.3, 0.4) is 0 Å². The minimum atomic E-state index is -2.47. The molecule has 1 aliphatic heterocycles. The normalized spacial score (nSPS) is 22.6. The Morgan fingerprint density at radius 3 is 2.81 bits per heavy atom. The Bertz CT molecular complexity index is 494. The van der Waals surface area contributed by atoms with Gasteiger partial charge < -0.3 is 10.1 Å². The van der Waals surface area contributed by atoms with E-state index < -0.39 is 5.92 Å². The van der Waals surface area contributed by atoms with E-state index in [4.69, 9.17) is 4.74 Å². The summed E-state index contributed by atoms with van der Waals surface area (Å²) in [7, 11) is 0. The van der Waals surface area contributed by atoms with Gasteiger partial charge in [-0.2, -0.15) is 0 Å². The number of fused-ring (bicyclic) bond motifs is 1. The average Bonchev–Trinajstić information content (AvgIpc) is 2.94. The summed E-state index contributed by atoms with van der Waals surface area (Å²) < 4.78 is 32.6. The SMILES string of the molecule is CCNC(c1cccc2c1OCC2)C1CCC(F)(F)CC1. The molecule has 1 unspecified atom stereocenters. The lowest BCUT2D eigenvalue weighted by Gasteiger charge is -2.35. The van der Waals surface area contributed by atoms with Crippen molar-refractivity contribution in [2.24, 2.45) is 5.92 Å². The fourth-order valence-electron chi connectivity index (χ4n) is 3.63. The highest BCUT2D eigenvalue weighted by molar-refractivity contribution is 5.46. The largest absolute Gasteiger partial charge is 0.493 e. The molecule has 0 spiro atoms. The van der Waals surface area contributed by atoms with E-state index in [0.29, 0.717) is 12.8 Å². The highest BCUT2D eigenvalue weighted by atomic mass is 19.3.